The van der Waals surface area contributed by atoms with Gasteiger partial charge in [-0.25, -0.2) is 0 Å². The summed E-state index contributed by atoms with van der Waals surface area (Å²) >= 11 is 0. The molecule has 0 aromatic rings. The SMILES string of the molecule is CC(=O)[C@@]1(C)CCCN1. The Morgan fingerprint density at radius 1 is 1.67 bits per heavy atom. The van der Waals surface area contributed by atoms with E-state index in [2.05, 4.69) is 5.32 Å². The van der Waals surface area contributed by atoms with E-state index in [4.69, 9.17) is 0 Å². The first-order valence-corrected chi connectivity index (χ1v) is 3.41. The van der Waals surface area contributed by atoms with Gasteiger partial charge in [-0.15, -0.1) is 0 Å². The van der Waals surface area contributed by atoms with Crippen molar-refractivity contribution in [2.45, 2.75) is 32.2 Å². The number of hydrogen-bond donors (Lipinski definition) is 1. The van der Waals surface area contributed by atoms with Gasteiger partial charge in [-0.1, -0.05) is 0 Å². The molecule has 0 aliphatic carbocycles. The number of rotatable bonds is 1. The summed E-state index contributed by atoms with van der Waals surface area (Å²) in [5, 5.41) is 3.18. The zero-order chi connectivity index (χ0) is 6.91. The summed E-state index contributed by atoms with van der Waals surface area (Å²) in [5.41, 5.74) is -0.194. The van der Waals surface area contributed by atoms with Gasteiger partial charge in [0.2, 0.25) is 0 Å². The van der Waals surface area contributed by atoms with Crippen LogP contribution in [-0.4, -0.2) is 17.9 Å². The Bertz CT molecular complexity index is 125. The molecule has 1 atom stereocenters. The molecule has 0 aromatic heterocycles. The molecule has 1 rings (SSSR count). The molecule has 1 aliphatic heterocycles. The molecule has 1 fully saturated rings. The minimum absolute atomic E-state index is 0.194. The Hall–Kier alpha value is -0.370. The lowest BCUT2D eigenvalue weighted by Gasteiger charge is -2.19. The Morgan fingerprint density at radius 2 is 2.33 bits per heavy atom. The molecule has 0 radical (unpaired) electrons. The molecule has 0 bridgehead atoms. The van der Waals surface area contributed by atoms with Crippen molar-refractivity contribution in [1.82, 2.24) is 5.32 Å². The van der Waals surface area contributed by atoms with Crippen LogP contribution in [0.15, 0.2) is 0 Å². The minimum atomic E-state index is -0.194. The second-order valence-corrected chi connectivity index (χ2v) is 2.92. The maximum Gasteiger partial charge on any atom is 0.149 e. The summed E-state index contributed by atoms with van der Waals surface area (Å²) in [4.78, 5) is 10.9. The molecule has 1 saturated heterocycles. The van der Waals surface area contributed by atoms with Crippen molar-refractivity contribution in [2.24, 2.45) is 0 Å². The van der Waals surface area contributed by atoms with E-state index in [9.17, 15) is 4.79 Å². The molecule has 9 heavy (non-hydrogen) atoms. The van der Waals surface area contributed by atoms with Gasteiger partial charge in [-0.3, -0.25) is 4.79 Å². The lowest BCUT2D eigenvalue weighted by atomic mass is 9.96. The average Bonchev–Trinajstić information content (AvgIpc) is 2.16. The van der Waals surface area contributed by atoms with E-state index in [0.29, 0.717) is 0 Å². The number of carbonyl (C=O) groups is 1. The predicted octanol–water partition coefficient (Wildman–Crippen LogP) is 0.718. The van der Waals surface area contributed by atoms with Crippen molar-refractivity contribution in [3.05, 3.63) is 0 Å². The molecule has 2 heteroatoms. The van der Waals surface area contributed by atoms with Crippen LogP contribution in [0.25, 0.3) is 0 Å². The standard InChI is InChI=1S/C7H13NO/c1-6(9)7(2)4-3-5-8-7/h8H,3-5H2,1-2H3/t7-/m1/s1. The van der Waals surface area contributed by atoms with Crippen LogP contribution in [0, 0.1) is 0 Å². The maximum absolute atomic E-state index is 10.9. The molecule has 0 saturated carbocycles. The van der Waals surface area contributed by atoms with E-state index in [1.807, 2.05) is 6.92 Å². The number of ketones is 1. The Labute approximate surface area is 55.6 Å². The number of carbonyl (C=O) groups excluding carboxylic acids is 1. The molecular weight excluding hydrogens is 114 g/mol. The van der Waals surface area contributed by atoms with Gasteiger partial charge >= 0.3 is 0 Å². The van der Waals surface area contributed by atoms with Crippen molar-refractivity contribution >= 4 is 5.78 Å². The highest BCUT2D eigenvalue weighted by Gasteiger charge is 2.32. The van der Waals surface area contributed by atoms with Gasteiger partial charge in [0.1, 0.15) is 5.78 Å². The van der Waals surface area contributed by atoms with Crippen LogP contribution in [0.2, 0.25) is 0 Å². The summed E-state index contributed by atoms with van der Waals surface area (Å²) in [5.74, 6) is 0.264. The quantitative estimate of drug-likeness (QED) is 0.562. The topological polar surface area (TPSA) is 29.1 Å². The molecular formula is C7H13NO. The van der Waals surface area contributed by atoms with E-state index in [-0.39, 0.29) is 11.3 Å². The van der Waals surface area contributed by atoms with Gasteiger partial charge in [-0.05, 0) is 33.2 Å². The van der Waals surface area contributed by atoms with Crippen LogP contribution in [0.4, 0.5) is 0 Å². The fourth-order valence-corrected chi connectivity index (χ4v) is 1.20. The maximum atomic E-state index is 10.9. The highest BCUT2D eigenvalue weighted by molar-refractivity contribution is 5.85. The van der Waals surface area contributed by atoms with E-state index in [1.54, 1.807) is 6.92 Å². The van der Waals surface area contributed by atoms with Gasteiger partial charge < -0.3 is 5.32 Å². The van der Waals surface area contributed by atoms with Crippen LogP contribution in [-0.2, 0) is 4.79 Å². The third-order valence-electron chi connectivity index (χ3n) is 2.15. The summed E-state index contributed by atoms with van der Waals surface area (Å²) in [7, 11) is 0. The fourth-order valence-electron chi connectivity index (χ4n) is 1.20. The molecule has 0 amide bonds. The van der Waals surface area contributed by atoms with Crippen molar-refractivity contribution in [3.8, 4) is 0 Å². The highest BCUT2D eigenvalue weighted by atomic mass is 16.1. The molecule has 0 spiro atoms. The lowest BCUT2D eigenvalue weighted by molar-refractivity contribution is -0.122. The third kappa shape index (κ3) is 1.13. The molecule has 1 heterocycles. The van der Waals surface area contributed by atoms with Crippen molar-refractivity contribution in [1.29, 1.82) is 0 Å². The van der Waals surface area contributed by atoms with Gasteiger partial charge in [-0.2, -0.15) is 0 Å². The Balaban J connectivity index is 2.61. The van der Waals surface area contributed by atoms with Crippen molar-refractivity contribution in [3.63, 3.8) is 0 Å². The molecule has 0 aromatic carbocycles. The zero-order valence-corrected chi connectivity index (χ0v) is 6.03. The van der Waals surface area contributed by atoms with Gasteiger partial charge in [0.25, 0.3) is 0 Å². The van der Waals surface area contributed by atoms with E-state index in [0.717, 1.165) is 19.4 Å². The number of Topliss-reactive ketones (excluding diaryl/α,β-unsaturated/α-hetero) is 1. The van der Waals surface area contributed by atoms with Crippen LogP contribution in [0.1, 0.15) is 26.7 Å². The van der Waals surface area contributed by atoms with Gasteiger partial charge in [0.05, 0.1) is 5.54 Å². The molecule has 52 valence electrons. The lowest BCUT2D eigenvalue weighted by Crippen LogP contribution is -2.42. The average molecular weight is 127 g/mol. The summed E-state index contributed by atoms with van der Waals surface area (Å²) in [6, 6.07) is 0. The summed E-state index contributed by atoms with van der Waals surface area (Å²) in [6.45, 7) is 4.62. The molecule has 0 unspecified atom stereocenters. The van der Waals surface area contributed by atoms with E-state index < -0.39 is 0 Å². The fraction of sp³-hybridized carbons (Fsp3) is 0.857. The van der Waals surface area contributed by atoms with Crippen LogP contribution < -0.4 is 5.32 Å². The largest absolute Gasteiger partial charge is 0.305 e. The molecule has 1 aliphatic rings. The number of nitrogens with one attached hydrogen (secondary N) is 1. The third-order valence-corrected chi connectivity index (χ3v) is 2.15. The zero-order valence-electron chi connectivity index (χ0n) is 6.03. The van der Waals surface area contributed by atoms with Crippen molar-refractivity contribution in [2.75, 3.05) is 6.54 Å². The number of hydrogen-bond acceptors (Lipinski definition) is 2. The van der Waals surface area contributed by atoms with Crippen molar-refractivity contribution < 1.29 is 4.79 Å². The smallest absolute Gasteiger partial charge is 0.149 e. The first-order valence-electron chi connectivity index (χ1n) is 3.41. The minimum Gasteiger partial charge on any atom is -0.305 e. The molecule has 1 N–H and O–H groups in total. The van der Waals surface area contributed by atoms with E-state index >= 15 is 0 Å². The van der Waals surface area contributed by atoms with E-state index in [1.165, 1.54) is 0 Å². The summed E-state index contributed by atoms with van der Waals surface area (Å²) < 4.78 is 0. The van der Waals surface area contributed by atoms with Gasteiger partial charge in [0.15, 0.2) is 0 Å². The van der Waals surface area contributed by atoms with Crippen LogP contribution in [0.3, 0.4) is 0 Å². The normalized spacial score (nSPS) is 34.9. The second-order valence-electron chi connectivity index (χ2n) is 2.92. The van der Waals surface area contributed by atoms with Crippen LogP contribution >= 0.6 is 0 Å². The first kappa shape index (κ1) is 6.75. The Kier molecular flexibility index (Phi) is 1.58. The summed E-state index contributed by atoms with van der Waals surface area (Å²) in [6.07, 6.45) is 2.14. The second kappa shape index (κ2) is 2.10. The van der Waals surface area contributed by atoms with Crippen LogP contribution in [0.5, 0.6) is 0 Å². The monoisotopic (exact) mass is 127 g/mol. The Morgan fingerprint density at radius 3 is 2.56 bits per heavy atom. The highest BCUT2D eigenvalue weighted by Crippen LogP contribution is 2.18. The molecule has 2 nitrogen and oxygen atoms in total. The first-order chi connectivity index (χ1) is 4.15. The predicted molar refractivity (Wildman–Crippen MR) is 36.3 cm³/mol. The van der Waals surface area contributed by atoms with Gasteiger partial charge in [0, 0.05) is 0 Å².